The first-order valence-electron chi connectivity index (χ1n) is 6.81. The summed E-state index contributed by atoms with van der Waals surface area (Å²) in [6, 6.07) is 12.6. The zero-order valence-electron chi connectivity index (χ0n) is 11.9. The third-order valence-corrected chi connectivity index (χ3v) is 3.71. The Morgan fingerprint density at radius 1 is 1.30 bits per heavy atom. The average Bonchev–Trinajstić information content (AvgIpc) is 2.88. The third kappa shape index (κ3) is 4.07. The zero-order valence-corrected chi connectivity index (χ0v) is 14.0. The van der Waals surface area contributed by atoms with Crippen LogP contribution < -0.4 is 5.32 Å². The molecule has 2 rings (SSSR count). The highest BCUT2D eigenvalue weighted by atomic mass is 127. The summed E-state index contributed by atoms with van der Waals surface area (Å²) in [4.78, 5) is 0. The summed E-state index contributed by atoms with van der Waals surface area (Å²) in [6.45, 7) is 3.63. The molecule has 20 heavy (non-hydrogen) atoms. The van der Waals surface area contributed by atoms with Gasteiger partial charge in [0.2, 0.25) is 0 Å². The van der Waals surface area contributed by atoms with E-state index in [0.717, 1.165) is 24.5 Å². The lowest BCUT2D eigenvalue weighted by molar-refractivity contribution is 0.162. The zero-order chi connectivity index (χ0) is 14.4. The molecule has 0 radical (unpaired) electrons. The van der Waals surface area contributed by atoms with E-state index < -0.39 is 0 Å². The number of furan rings is 1. The summed E-state index contributed by atoms with van der Waals surface area (Å²) in [7, 11) is 1.68. The molecule has 1 aromatic heterocycles. The second-order valence-electron chi connectivity index (χ2n) is 4.68. The minimum absolute atomic E-state index is 0.0928. The maximum Gasteiger partial charge on any atom is 0.129 e. The summed E-state index contributed by atoms with van der Waals surface area (Å²) in [5.74, 6) is 1.80. The summed E-state index contributed by atoms with van der Waals surface area (Å²) in [6.07, 6.45) is 1.09. The molecule has 2 aromatic rings. The number of hydrogen-bond donors (Lipinski definition) is 1. The molecule has 108 valence electrons. The van der Waals surface area contributed by atoms with Crippen molar-refractivity contribution < 1.29 is 9.15 Å². The molecule has 1 N–H and O–H groups in total. The van der Waals surface area contributed by atoms with Gasteiger partial charge in [-0.15, -0.1) is 0 Å². The van der Waals surface area contributed by atoms with Crippen LogP contribution in [-0.4, -0.2) is 13.7 Å². The molecule has 0 aliphatic carbocycles. The van der Waals surface area contributed by atoms with Crippen LogP contribution in [-0.2, 0) is 11.3 Å². The van der Waals surface area contributed by atoms with Gasteiger partial charge in [0.15, 0.2) is 0 Å². The lowest BCUT2D eigenvalue weighted by atomic mass is 10.0. The Bertz CT molecular complexity index is 539. The van der Waals surface area contributed by atoms with Gasteiger partial charge in [0.1, 0.15) is 18.1 Å². The van der Waals surface area contributed by atoms with Gasteiger partial charge < -0.3 is 14.5 Å². The van der Waals surface area contributed by atoms with Crippen LogP contribution in [0.2, 0.25) is 0 Å². The molecular formula is C16H20INO2. The Kier molecular flexibility index (Phi) is 6.06. The van der Waals surface area contributed by atoms with Gasteiger partial charge in [-0.25, -0.2) is 0 Å². The van der Waals surface area contributed by atoms with E-state index in [0.29, 0.717) is 6.61 Å². The van der Waals surface area contributed by atoms with E-state index in [-0.39, 0.29) is 6.04 Å². The molecule has 0 aliphatic heterocycles. The first-order chi connectivity index (χ1) is 9.74. The highest BCUT2D eigenvalue weighted by molar-refractivity contribution is 14.1. The predicted molar refractivity (Wildman–Crippen MR) is 88.7 cm³/mol. The fourth-order valence-electron chi connectivity index (χ4n) is 2.13. The second kappa shape index (κ2) is 7.81. The van der Waals surface area contributed by atoms with Crippen LogP contribution >= 0.6 is 22.6 Å². The van der Waals surface area contributed by atoms with Crippen molar-refractivity contribution in [2.24, 2.45) is 0 Å². The van der Waals surface area contributed by atoms with Crippen LogP contribution in [0.3, 0.4) is 0 Å². The van der Waals surface area contributed by atoms with Crippen molar-refractivity contribution in [1.29, 1.82) is 0 Å². The SMILES string of the molecule is CCCNC(c1cccc(I)c1)c1ccc(COC)o1. The first-order valence-corrected chi connectivity index (χ1v) is 7.89. The summed E-state index contributed by atoms with van der Waals surface area (Å²) >= 11 is 2.34. The van der Waals surface area contributed by atoms with E-state index in [9.17, 15) is 0 Å². The summed E-state index contributed by atoms with van der Waals surface area (Å²) < 4.78 is 12.2. The molecule has 3 nitrogen and oxygen atoms in total. The molecule has 1 atom stereocenters. The highest BCUT2D eigenvalue weighted by Crippen LogP contribution is 2.25. The van der Waals surface area contributed by atoms with Crippen molar-refractivity contribution >= 4 is 22.6 Å². The second-order valence-corrected chi connectivity index (χ2v) is 5.92. The van der Waals surface area contributed by atoms with Crippen molar-refractivity contribution in [2.45, 2.75) is 26.0 Å². The molecule has 0 amide bonds. The normalized spacial score (nSPS) is 12.6. The van der Waals surface area contributed by atoms with Crippen molar-refractivity contribution in [3.05, 3.63) is 57.1 Å². The monoisotopic (exact) mass is 385 g/mol. The largest absolute Gasteiger partial charge is 0.462 e. The number of nitrogens with one attached hydrogen (secondary N) is 1. The summed E-state index contributed by atoms with van der Waals surface area (Å²) in [5, 5.41) is 3.55. The smallest absolute Gasteiger partial charge is 0.129 e. The molecule has 1 unspecified atom stereocenters. The van der Waals surface area contributed by atoms with Crippen LogP contribution in [0.15, 0.2) is 40.8 Å². The number of benzene rings is 1. The van der Waals surface area contributed by atoms with Crippen molar-refractivity contribution in [2.75, 3.05) is 13.7 Å². The van der Waals surface area contributed by atoms with E-state index in [1.807, 2.05) is 12.1 Å². The Morgan fingerprint density at radius 3 is 2.85 bits per heavy atom. The Hall–Kier alpha value is -0.850. The van der Waals surface area contributed by atoms with E-state index in [1.165, 1.54) is 9.13 Å². The van der Waals surface area contributed by atoms with Crippen LogP contribution in [0.4, 0.5) is 0 Å². The molecular weight excluding hydrogens is 365 g/mol. The Labute approximate surface area is 133 Å². The first kappa shape index (κ1) is 15.5. The molecule has 1 heterocycles. The van der Waals surface area contributed by atoms with Gasteiger partial charge in [-0.1, -0.05) is 19.1 Å². The number of halogens is 1. The quantitative estimate of drug-likeness (QED) is 0.729. The maximum absolute atomic E-state index is 5.89. The van der Waals surface area contributed by atoms with Gasteiger partial charge in [-0.2, -0.15) is 0 Å². The fraction of sp³-hybridized carbons (Fsp3) is 0.375. The molecule has 0 fully saturated rings. The van der Waals surface area contributed by atoms with E-state index >= 15 is 0 Å². The van der Waals surface area contributed by atoms with Crippen molar-refractivity contribution in [1.82, 2.24) is 5.32 Å². The minimum atomic E-state index is 0.0928. The lowest BCUT2D eigenvalue weighted by Gasteiger charge is -2.17. The molecule has 0 aliphatic rings. The van der Waals surface area contributed by atoms with Crippen LogP contribution in [0.5, 0.6) is 0 Å². The molecule has 0 saturated carbocycles. The van der Waals surface area contributed by atoms with Crippen LogP contribution in [0.25, 0.3) is 0 Å². The Morgan fingerprint density at radius 2 is 2.15 bits per heavy atom. The van der Waals surface area contributed by atoms with Gasteiger partial charge >= 0.3 is 0 Å². The van der Waals surface area contributed by atoms with Gasteiger partial charge in [-0.05, 0) is 65.4 Å². The number of methoxy groups -OCH3 is 1. The molecule has 0 bridgehead atoms. The van der Waals surface area contributed by atoms with Crippen LogP contribution in [0, 0.1) is 3.57 Å². The van der Waals surface area contributed by atoms with E-state index in [2.05, 4.69) is 59.1 Å². The number of rotatable bonds is 7. The number of ether oxygens (including phenoxy) is 1. The standard InChI is InChI=1S/C16H20INO2/c1-3-9-18-16(12-5-4-6-13(17)10-12)15-8-7-14(20-15)11-19-2/h4-8,10,16,18H,3,9,11H2,1-2H3. The third-order valence-electron chi connectivity index (χ3n) is 3.03. The fourth-order valence-corrected chi connectivity index (χ4v) is 2.69. The summed E-state index contributed by atoms with van der Waals surface area (Å²) in [5.41, 5.74) is 1.23. The van der Waals surface area contributed by atoms with Crippen molar-refractivity contribution in [3.63, 3.8) is 0 Å². The lowest BCUT2D eigenvalue weighted by Crippen LogP contribution is -2.22. The molecule has 4 heteroatoms. The van der Waals surface area contributed by atoms with E-state index in [1.54, 1.807) is 7.11 Å². The predicted octanol–water partition coefficient (Wildman–Crippen LogP) is 4.12. The Balaban J connectivity index is 2.26. The van der Waals surface area contributed by atoms with E-state index in [4.69, 9.17) is 9.15 Å². The van der Waals surface area contributed by atoms with Gasteiger partial charge in [0.05, 0.1) is 6.04 Å². The van der Waals surface area contributed by atoms with Gasteiger partial charge in [0.25, 0.3) is 0 Å². The molecule has 1 aromatic carbocycles. The van der Waals surface area contributed by atoms with Gasteiger partial charge in [0, 0.05) is 10.7 Å². The van der Waals surface area contributed by atoms with Crippen LogP contribution in [0.1, 0.15) is 36.5 Å². The minimum Gasteiger partial charge on any atom is -0.462 e. The topological polar surface area (TPSA) is 34.4 Å². The highest BCUT2D eigenvalue weighted by Gasteiger charge is 2.17. The average molecular weight is 385 g/mol. The molecule has 0 saturated heterocycles. The molecule has 0 spiro atoms. The van der Waals surface area contributed by atoms with Crippen molar-refractivity contribution in [3.8, 4) is 0 Å². The number of hydrogen-bond acceptors (Lipinski definition) is 3. The maximum atomic E-state index is 5.89. The van der Waals surface area contributed by atoms with Gasteiger partial charge in [-0.3, -0.25) is 0 Å².